The van der Waals surface area contributed by atoms with E-state index in [9.17, 15) is 0 Å². The molecule has 0 saturated carbocycles. The van der Waals surface area contributed by atoms with Gasteiger partial charge in [0.15, 0.2) is 0 Å². The van der Waals surface area contributed by atoms with Crippen molar-refractivity contribution in [3.8, 4) is 0 Å². The third-order valence-corrected chi connectivity index (χ3v) is 2.88. The molecule has 0 aliphatic carbocycles. The molecule has 0 heterocycles. The van der Waals surface area contributed by atoms with Crippen molar-refractivity contribution in [1.82, 2.24) is 5.43 Å². The van der Waals surface area contributed by atoms with E-state index < -0.39 is 0 Å². The molecule has 106 valence electrons. The molecule has 0 saturated heterocycles. The summed E-state index contributed by atoms with van der Waals surface area (Å²) >= 11 is 0. The molecule has 0 aromatic heterocycles. The first-order valence-corrected chi connectivity index (χ1v) is 6.57. The smallest absolute Gasteiger partial charge is 0.212 e. The van der Waals surface area contributed by atoms with Gasteiger partial charge >= 0.3 is 0 Å². The van der Waals surface area contributed by atoms with Crippen molar-refractivity contribution in [2.45, 2.75) is 20.3 Å². The molecule has 0 amide bonds. The van der Waals surface area contributed by atoms with Crippen LogP contribution in [0, 0.1) is 6.92 Å². The number of para-hydroxylation sites is 1. The SMILES string of the molecule is CCN(C(=NCCCOC)NN)c1ccccc1C. The van der Waals surface area contributed by atoms with Gasteiger partial charge in [0.2, 0.25) is 5.96 Å². The largest absolute Gasteiger partial charge is 0.385 e. The predicted molar refractivity (Wildman–Crippen MR) is 80.3 cm³/mol. The number of hydrogen-bond donors (Lipinski definition) is 2. The van der Waals surface area contributed by atoms with Gasteiger partial charge in [-0.25, -0.2) is 5.84 Å². The lowest BCUT2D eigenvalue weighted by atomic mass is 10.2. The van der Waals surface area contributed by atoms with E-state index in [-0.39, 0.29) is 0 Å². The minimum atomic E-state index is 0.688. The highest BCUT2D eigenvalue weighted by Crippen LogP contribution is 2.19. The number of nitrogens with zero attached hydrogens (tertiary/aromatic N) is 2. The quantitative estimate of drug-likeness (QED) is 0.270. The number of nitrogens with two attached hydrogens (primary N) is 1. The number of guanidine groups is 1. The maximum atomic E-state index is 5.60. The Balaban J connectivity index is 2.84. The van der Waals surface area contributed by atoms with E-state index in [2.05, 4.69) is 41.3 Å². The Labute approximate surface area is 115 Å². The van der Waals surface area contributed by atoms with Crippen molar-refractivity contribution in [1.29, 1.82) is 0 Å². The summed E-state index contributed by atoms with van der Waals surface area (Å²) in [7, 11) is 1.69. The molecule has 0 unspecified atom stereocenters. The van der Waals surface area contributed by atoms with Crippen LogP contribution in [0.4, 0.5) is 5.69 Å². The number of rotatable bonds is 6. The number of benzene rings is 1. The van der Waals surface area contributed by atoms with Crippen LogP contribution in [-0.4, -0.2) is 32.8 Å². The third kappa shape index (κ3) is 4.54. The summed E-state index contributed by atoms with van der Waals surface area (Å²) in [5, 5.41) is 0. The highest BCUT2D eigenvalue weighted by Gasteiger charge is 2.12. The Hall–Kier alpha value is -1.59. The lowest BCUT2D eigenvalue weighted by molar-refractivity contribution is 0.197. The summed E-state index contributed by atoms with van der Waals surface area (Å²) < 4.78 is 5.01. The molecule has 0 radical (unpaired) electrons. The second-order valence-electron chi connectivity index (χ2n) is 4.23. The normalized spacial score (nSPS) is 11.5. The number of methoxy groups -OCH3 is 1. The molecule has 0 aliphatic heterocycles. The minimum Gasteiger partial charge on any atom is -0.385 e. The highest BCUT2D eigenvalue weighted by molar-refractivity contribution is 5.96. The fraction of sp³-hybridized carbons (Fsp3) is 0.500. The summed E-state index contributed by atoms with van der Waals surface area (Å²) in [6.07, 6.45) is 0.882. The van der Waals surface area contributed by atoms with E-state index in [1.807, 2.05) is 12.1 Å². The summed E-state index contributed by atoms with van der Waals surface area (Å²) in [5.41, 5.74) is 5.01. The zero-order valence-corrected chi connectivity index (χ0v) is 12.0. The number of aliphatic imine (C=N–C) groups is 1. The predicted octanol–water partition coefficient (Wildman–Crippen LogP) is 1.68. The molecule has 5 heteroatoms. The molecule has 0 aliphatic rings. The fourth-order valence-corrected chi connectivity index (χ4v) is 1.90. The molecule has 0 spiro atoms. The van der Waals surface area contributed by atoms with Crippen LogP contribution in [0.5, 0.6) is 0 Å². The van der Waals surface area contributed by atoms with E-state index in [1.165, 1.54) is 5.56 Å². The average molecular weight is 264 g/mol. The molecule has 19 heavy (non-hydrogen) atoms. The molecule has 1 rings (SSSR count). The van der Waals surface area contributed by atoms with E-state index in [4.69, 9.17) is 10.6 Å². The van der Waals surface area contributed by atoms with Crippen molar-refractivity contribution in [2.75, 3.05) is 31.7 Å². The van der Waals surface area contributed by atoms with Gasteiger partial charge < -0.3 is 9.64 Å². The van der Waals surface area contributed by atoms with E-state index >= 15 is 0 Å². The number of hydrazine groups is 1. The number of anilines is 1. The number of nitrogens with one attached hydrogen (secondary N) is 1. The van der Waals surface area contributed by atoms with E-state index in [0.29, 0.717) is 19.1 Å². The average Bonchev–Trinajstić information content (AvgIpc) is 2.44. The van der Waals surface area contributed by atoms with Crippen LogP contribution in [0.3, 0.4) is 0 Å². The van der Waals surface area contributed by atoms with Crippen molar-refractivity contribution >= 4 is 11.6 Å². The second-order valence-corrected chi connectivity index (χ2v) is 4.23. The van der Waals surface area contributed by atoms with Crippen LogP contribution < -0.4 is 16.2 Å². The van der Waals surface area contributed by atoms with Gasteiger partial charge in [-0.2, -0.15) is 0 Å². The first kappa shape index (κ1) is 15.5. The van der Waals surface area contributed by atoms with Gasteiger partial charge in [-0.1, -0.05) is 18.2 Å². The molecular formula is C14H24N4O. The number of aryl methyl sites for hydroxylation is 1. The zero-order valence-electron chi connectivity index (χ0n) is 12.0. The minimum absolute atomic E-state index is 0.688. The lowest BCUT2D eigenvalue weighted by Crippen LogP contribution is -2.45. The first-order chi connectivity index (χ1) is 9.24. The van der Waals surface area contributed by atoms with Gasteiger partial charge in [-0.05, 0) is 31.9 Å². The molecule has 1 aromatic carbocycles. The molecule has 0 bridgehead atoms. The Bertz CT molecular complexity index is 406. The second kappa shape index (κ2) is 8.50. The van der Waals surface area contributed by atoms with Crippen LogP contribution in [0.15, 0.2) is 29.3 Å². The van der Waals surface area contributed by atoms with Crippen molar-refractivity contribution in [3.05, 3.63) is 29.8 Å². The summed E-state index contributed by atoms with van der Waals surface area (Å²) in [6, 6.07) is 8.19. The maximum absolute atomic E-state index is 5.60. The van der Waals surface area contributed by atoms with E-state index in [1.54, 1.807) is 7.11 Å². The Morgan fingerprint density at radius 1 is 1.42 bits per heavy atom. The fourth-order valence-electron chi connectivity index (χ4n) is 1.90. The maximum Gasteiger partial charge on any atom is 0.212 e. The van der Waals surface area contributed by atoms with Crippen LogP contribution in [0.25, 0.3) is 0 Å². The Morgan fingerprint density at radius 3 is 2.74 bits per heavy atom. The first-order valence-electron chi connectivity index (χ1n) is 6.57. The molecule has 0 fully saturated rings. The Morgan fingerprint density at radius 2 is 2.16 bits per heavy atom. The van der Waals surface area contributed by atoms with Gasteiger partial charge in [-0.3, -0.25) is 10.4 Å². The van der Waals surface area contributed by atoms with Crippen LogP contribution in [0.2, 0.25) is 0 Å². The molecular weight excluding hydrogens is 240 g/mol. The summed E-state index contributed by atoms with van der Waals surface area (Å²) in [6.45, 7) is 6.36. The van der Waals surface area contributed by atoms with Crippen molar-refractivity contribution in [2.24, 2.45) is 10.8 Å². The summed E-state index contributed by atoms with van der Waals surface area (Å²) in [5.74, 6) is 6.29. The third-order valence-electron chi connectivity index (χ3n) is 2.88. The molecule has 3 N–H and O–H groups in total. The summed E-state index contributed by atoms with van der Waals surface area (Å²) in [4.78, 5) is 6.57. The molecule has 5 nitrogen and oxygen atoms in total. The number of ether oxygens (including phenoxy) is 1. The van der Waals surface area contributed by atoms with Crippen molar-refractivity contribution in [3.63, 3.8) is 0 Å². The monoisotopic (exact) mass is 264 g/mol. The zero-order chi connectivity index (χ0) is 14.1. The lowest BCUT2D eigenvalue weighted by Gasteiger charge is -2.25. The van der Waals surface area contributed by atoms with Crippen LogP contribution >= 0.6 is 0 Å². The molecule has 0 atom stereocenters. The van der Waals surface area contributed by atoms with Gasteiger partial charge in [0.05, 0.1) is 0 Å². The standard InChI is InChI=1S/C14H24N4O/c1-4-18(13-9-6-5-8-12(13)2)14(17-15)16-10-7-11-19-3/h5-6,8-9H,4,7,10-11,15H2,1-3H3,(H,16,17). The van der Waals surface area contributed by atoms with Crippen LogP contribution in [-0.2, 0) is 4.74 Å². The number of hydrogen-bond acceptors (Lipinski definition) is 3. The topological polar surface area (TPSA) is 62.9 Å². The van der Waals surface area contributed by atoms with Gasteiger partial charge in [-0.15, -0.1) is 0 Å². The Kier molecular flexibility index (Phi) is 6.92. The van der Waals surface area contributed by atoms with Crippen LogP contribution in [0.1, 0.15) is 18.9 Å². The molecule has 1 aromatic rings. The van der Waals surface area contributed by atoms with E-state index in [0.717, 1.165) is 18.7 Å². The van der Waals surface area contributed by atoms with Gasteiger partial charge in [0, 0.05) is 32.5 Å². The van der Waals surface area contributed by atoms with Crippen molar-refractivity contribution < 1.29 is 4.74 Å². The highest BCUT2D eigenvalue weighted by atomic mass is 16.5. The van der Waals surface area contributed by atoms with Gasteiger partial charge in [0.1, 0.15) is 0 Å². The van der Waals surface area contributed by atoms with Gasteiger partial charge in [0.25, 0.3) is 0 Å².